The molecular formula is C20H28O4. The van der Waals surface area contributed by atoms with Crippen molar-refractivity contribution in [3.63, 3.8) is 0 Å². The number of rotatable bonds is 4. The minimum absolute atomic E-state index is 0.00925. The molecule has 4 heteroatoms. The number of carbonyl (C=O) groups is 1. The van der Waals surface area contributed by atoms with Crippen molar-refractivity contribution in [2.75, 3.05) is 19.8 Å². The molecule has 1 saturated heterocycles. The van der Waals surface area contributed by atoms with Gasteiger partial charge >= 0.3 is 5.97 Å². The highest BCUT2D eigenvalue weighted by Crippen LogP contribution is 2.64. The van der Waals surface area contributed by atoms with Crippen molar-refractivity contribution >= 4 is 5.97 Å². The predicted molar refractivity (Wildman–Crippen MR) is 90.2 cm³/mol. The van der Waals surface area contributed by atoms with Crippen LogP contribution in [0.15, 0.2) is 23.3 Å². The van der Waals surface area contributed by atoms with Crippen LogP contribution in [0.1, 0.15) is 46.0 Å². The summed E-state index contributed by atoms with van der Waals surface area (Å²) in [6.07, 6.45) is 9.38. The number of esters is 1. The summed E-state index contributed by atoms with van der Waals surface area (Å²) in [6, 6.07) is 0. The van der Waals surface area contributed by atoms with Gasteiger partial charge in [0, 0.05) is 11.0 Å². The summed E-state index contributed by atoms with van der Waals surface area (Å²) in [7, 11) is 0. The van der Waals surface area contributed by atoms with E-state index in [0.717, 1.165) is 44.3 Å². The molecule has 1 saturated carbocycles. The predicted octanol–water partition coefficient (Wildman–Crippen LogP) is 3.01. The summed E-state index contributed by atoms with van der Waals surface area (Å²) in [4.78, 5) is 11.8. The number of carbonyl (C=O) groups excluding carboxylic acids is 1. The standard InChI is InChI=1S/C20H28O4/c1-13-3-7-20-12-24-16(9-15(20)11-21)10-17(20)19(13,2)6-4-14-5-8-23-18(14)22/h5,9,13,16-17,21H,3-4,6-8,10-12H2,1-2H3. The van der Waals surface area contributed by atoms with Gasteiger partial charge in [-0.2, -0.15) is 0 Å². The Morgan fingerprint density at radius 2 is 2.25 bits per heavy atom. The first-order valence-corrected chi connectivity index (χ1v) is 9.29. The average molecular weight is 332 g/mol. The lowest BCUT2D eigenvalue weighted by Crippen LogP contribution is -2.59. The molecule has 0 radical (unpaired) electrons. The molecule has 1 spiro atoms. The van der Waals surface area contributed by atoms with Gasteiger partial charge in [-0.1, -0.05) is 19.9 Å². The van der Waals surface area contributed by atoms with Crippen molar-refractivity contribution in [2.24, 2.45) is 22.7 Å². The van der Waals surface area contributed by atoms with E-state index in [4.69, 9.17) is 9.47 Å². The molecule has 2 aliphatic carbocycles. The molecule has 4 nitrogen and oxygen atoms in total. The molecule has 0 aromatic carbocycles. The summed E-state index contributed by atoms with van der Waals surface area (Å²) in [5, 5.41) is 9.93. The highest BCUT2D eigenvalue weighted by atomic mass is 16.5. The number of hydrogen-bond acceptors (Lipinski definition) is 4. The van der Waals surface area contributed by atoms with Gasteiger partial charge in [0.05, 0.1) is 19.3 Å². The van der Waals surface area contributed by atoms with Gasteiger partial charge in [0.2, 0.25) is 0 Å². The lowest BCUT2D eigenvalue weighted by atomic mass is 9.45. The van der Waals surface area contributed by atoms with Crippen molar-refractivity contribution in [3.05, 3.63) is 23.3 Å². The van der Waals surface area contributed by atoms with Crippen LogP contribution >= 0.6 is 0 Å². The molecule has 2 bridgehead atoms. The summed E-state index contributed by atoms with van der Waals surface area (Å²) in [5.74, 6) is 1.00. The van der Waals surface area contributed by atoms with E-state index in [-0.39, 0.29) is 29.5 Å². The summed E-state index contributed by atoms with van der Waals surface area (Å²) in [6.45, 7) is 6.10. The molecule has 2 fully saturated rings. The van der Waals surface area contributed by atoms with Crippen LogP contribution < -0.4 is 0 Å². The van der Waals surface area contributed by atoms with E-state index in [1.165, 1.54) is 5.57 Å². The van der Waals surface area contributed by atoms with Crippen molar-refractivity contribution in [1.29, 1.82) is 0 Å². The largest absolute Gasteiger partial charge is 0.458 e. The number of cyclic esters (lactones) is 1. The van der Waals surface area contributed by atoms with E-state index in [1.807, 2.05) is 6.08 Å². The lowest BCUT2D eigenvalue weighted by molar-refractivity contribution is -0.164. The molecule has 3 aliphatic heterocycles. The zero-order valence-electron chi connectivity index (χ0n) is 14.7. The van der Waals surface area contributed by atoms with Crippen molar-refractivity contribution < 1.29 is 19.4 Å². The Hall–Kier alpha value is -1.13. The Kier molecular flexibility index (Phi) is 3.88. The average Bonchev–Trinajstić information content (AvgIpc) is 3.02. The molecule has 3 heterocycles. The first-order valence-electron chi connectivity index (χ1n) is 9.29. The Morgan fingerprint density at radius 1 is 1.42 bits per heavy atom. The van der Waals surface area contributed by atoms with Crippen LogP contribution in [0.25, 0.3) is 0 Å². The number of fused-ring (bicyclic) bond motifs is 1. The zero-order valence-corrected chi connectivity index (χ0v) is 14.7. The minimum Gasteiger partial charge on any atom is -0.458 e. The second kappa shape index (κ2) is 5.70. The number of hydrogen-bond donors (Lipinski definition) is 1. The monoisotopic (exact) mass is 332 g/mol. The van der Waals surface area contributed by atoms with Crippen molar-refractivity contribution in [1.82, 2.24) is 0 Å². The van der Waals surface area contributed by atoms with Crippen LogP contribution in [-0.2, 0) is 14.3 Å². The molecule has 0 aromatic heterocycles. The first-order chi connectivity index (χ1) is 11.5. The molecule has 0 amide bonds. The Balaban J connectivity index is 1.62. The lowest BCUT2D eigenvalue weighted by Gasteiger charge is -2.62. The van der Waals surface area contributed by atoms with Crippen molar-refractivity contribution in [2.45, 2.75) is 52.1 Å². The van der Waals surface area contributed by atoms with Gasteiger partial charge in [0.1, 0.15) is 6.61 Å². The van der Waals surface area contributed by atoms with E-state index in [9.17, 15) is 9.90 Å². The quantitative estimate of drug-likeness (QED) is 0.635. The molecule has 1 N–H and O–H groups in total. The fraction of sp³-hybridized carbons (Fsp3) is 0.750. The Morgan fingerprint density at radius 3 is 2.96 bits per heavy atom. The van der Waals surface area contributed by atoms with Crippen LogP contribution in [0.2, 0.25) is 0 Å². The third kappa shape index (κ3) is 2.22. The normalized spacial score (nSPS) is 44.0. The second-order valence-electron chi connectivity index (χ2n) is 8.42. The highest BCUT2D eigenvalue weighted by Gasteiger charge is 2.59. The fourth-order valence-electron chi connectivity index (χ4n) is 5.79. The van der Waals surface area contributed by atoms with Gasteiger partial charge in [0.15, 0.2) is 0 Å². The molecule has 24 heavy (non-hydrogen) atoms. The van der Waals surface area contributed by atoms with Gasteiger partial charge in [-0.05, 0) is 61.0 Å². The van der Waals surface area contributed by atoms with E-state index < -0.39 is 0 Å². The van der Waals surface area contributed by atoms with Gasteiger partial charge in [-0.3, -0.25) is 0 Å². The van der Waals surface area contributed by atoms with Crippen molar-refractivity contribution in [3.8, 4) is 0 Å². The molecule has 5 atom stereocenters. The van der Waals surface area contributed by atoms with E-state index in [0.29, 0.717) is 18.4 Å². The number of aliphatic hydroxyl groups excluding tert-OH is 1. The molecule has 5 rings (SSSR count). The van der Waals surface area contributed by atoms with Gasteiger partial charge in [-0.15, -0.1) is 0 Å². The zero-order chi connectivity index (χ0) is 16.9. The molecule has 5 unspecified atom stereocenters. The molecule has 132 valence electrons. The summed E-state index contributed by atoms with van der Waals surface area (Å²) >= 11 is 0. The van der Waals surface area contributed by atoms with Crippen LogP contribution in [0.3, 0.4) is 0 Å². The van der Waals surface area contributed by atoms with E-state index >= 15 is 0 Å². The van der Waals surface area contributed by atoms with Crippen LogP contribution in [0.5, 0.6) is 0 Å². The number of aliphatic hydroxyl groups is 1. The van der Waals surface area contributed by atoms with Gasteiger partial charge in [0.25, 0.3) is 0 Å². The maximum Gasteiger partial charge on any atom is 0.334 e. The summed E-state index contributed by atoms with van der Waals surface area (Å²) < 4.78 is 11.1. The van der Waals surface area contributed by atoms with Crippen LogP contribution in [-0.4, -0.2) is 37.0 Å². The minimum atomic E-state index is -0.138. The SMILES string of the molecule is CC1CCC23COC(C=C2CO)CC3C1(C)CCC1=CCOC1=O. The highest BCUT2D eigenvalue weighted by molar-refractivity contribution is 5.90. The van der Waals surface area contributed by atoms with E-state index in [2.05, 4.69) is 19.9 Å². The summed E-state index contributed by atoms with van der Waals surface area (Å²) in [5.41, 5.74) is 2.22. The molecule has 0 aromatic rings. The second-order valence-corrected chi connectivity index (χ2v) is 8.42. The molecule has 5 aliphatic rings. The number of ether oxygens (including phenoxy) is 2. The Bertz CT molecular complexity index is 607. The third-order valence-corrected chi connectivity index (χ3v) is 7.57. The van der Waals surface area contributed by atoms with E-state index in [1.54, 1.807) is 0 Å². The molecular weight excluding hydrogens is 304 g/mol. The topological polar surface area (TPSA) is 55.8 Å². The maximum absolute atomic E-state index is 11.8. The maximum atomic E-state index is 11.8. The smallest absolute Gasteiger partial charge is 0.334 e. The fourth-order valence-corrected chi connectivity index (χ4v) is 5.79. The van der Waals surface area contributed by atoms with Crippen LogP contribution in [0, 0.1) is 22.7 Å². The van der Waals surface area contributed by atoms with Crippen LogP contribution in [0.4, 0.5) is 0 Å². The first kappa shape index (κ1) is 16.3. The third-order valence-electron chi connectivity index (χ3n) is 7.57. The van der Waals surface area contributed by atoms with Gasteiger partial charge in [-0.25, -0.2) is 4.79 Å². The van der Waals surface area contributed by atoms with Gasteiger partial charge < -0.3 is 14.6 Å². The Labute approximate surface area is 143 Å².